The molecule has 2 aliphatic rings. The number of methoxy groups -OCH3 is 1. The Morgan fingerprint density at radius 3 is 2.53 bits per heavy atom. The highest BCUT2D eigenvalue weighted by Gasteiger charge is 2.17. The van der Waals surface area contributed by atoms with Gasteiger partial charge in [-0.3, -0.25) is 4.99 Å². The smallest absolute Gasteiger partial charge is 0.237 e. The predicted octanol–water partition coefficient (Wildman–Crippen LogP) is 5.73. The molecule has 0 saturated carbocycles. The highest BCUT2D eigenvalue weighted by atomic mass is 19.1. The highest BCUT2D eigenvalue weighted by Crippen LogP contribution is 2.31. The number of fused-ring (bicyclic) bond motifs is 2. The summed E-state index contributed by atoms with van der Waals surface area (Å²) in [6.07, 6.45) is 1.68. The van der Waals surface area contributed by atoms with Crippen molar-refractivity contribution in [3.63, 3.8) is 0 Å². The van der Waals surface area contributed by atoms with E-state index in [9.17, 15) is 4.39 Å². The molecule has 2 heterocycles. The average molecular weight is 454 g/mol. The van der Waals surface area contributed by atoms with Crippen LogP contribution < -0.4 is 15.4 Å². The number of benzene rings is 3. The molecule has 3 aromatic rings. The van der Waals surface area contributed by atoms with Gasteiger partial charge >= 0.3 is 0 Å². The molecule has 7 heteroatoms. The third-order valence-corrected chi connectivity index (χ3v) is 5.41. The zero-order valence-electron chi connectivity index (χ0n) is 19.2. The van der Waals surface area contributed by atoms with Crippen LogP contribution in [-0.4, -0.2) is 27.7 Å². The summed E-state index contributed by atoms with van der Waals surface area (Å²) in [7, 11) is 1.59. The summed E-state index contributed by atoms with van der Waals surface area (Å²) in [5.74, 6) is 0.213. The van der Waals surface area contributed by atoms with Crippen molar-refractivity contribution in [2.45, 2.75) is 19.9 Å². The molecule has 170 valence electrons. The number of aromatic nitrogens is 3. The lowest BCUT2D eigenvalue weighted by molar-refractivity contribution is 0.400. The molecule has 2 aromatic carbocycles. The average Bonchev–Trinajstić information content (AvgIpc) is 2.84. The Labute approximate surface area is 196 Å². The van der Waals surface area contributed by atoms with Crippen molar-refractivity contribution in [3.8, 4) is 23.0 Å². The number of hydrogen-bond donors (Lipinski definition) is 1. The zero-order valence-corrected chi connectivity index (χ0v) is 19.2. The Morgan fingerprint density at radius 2 is 1.76 bits per heavy atom. The number of nitrogens with one attached hydrogen (secondary N) is 1. The van der Waals surface area contributed by atoms with Crippen LogP contribution in [0.1, 0.15) is 13.8 Å². The number of nitrogens with zero attached hydrogens (tertiary/aromatic N) is 4. The van der Waals surface area contributed by atoms with Crippen molar-refractivity contribution in [3.05, 3.63) is 90.2 Å². The minimum absolute atomic E-state index is 0.0708. The normalized spacial score (nSPS) is 12.0. The molecule has 0 atom stereocenters. The first-order valence-corrected chi connectivity index (χ1v) is 11.0. The van der Waals surface area contributed by atoms with E-state index in [2.05, 4.69) is 14.9 Å². The molecule has 1 aliphatic carbocycles. The lowest BCUT2D eigenvalue weighted by Gasteiger charge is -2.20. The first kappa shape index (κ1) is 21.6. The number of para-hydroxylation sites is 2. The Bertz CT molecular complexity index is 1510. The third kappa shape index (κ3) is 4.08. The highest BCUT2D eigenvalue weighted by molar-refractivity contribution is 5.84. The number of rotatable bonds is 5. The van der Waals surface area contributed by atoms with Crippen molar-refractivity contribution in [2.24, 2.45) is 4.99 Å². The van der Waals surface area contributed by atoms with Crippen LogP contribution in [0.2, 0.25) is 0 Å². The van der Waals surface area contributed by atoms with Gasteiger partial charge in [0.2, 0.25) is 5.88 Å². The van der Waals surface area contributed by atoms with Crippen molar-refractivity contribution >= 4 is 22.4 Å². The van der Waals surface area contributed by atoms with E-state index in [0.29, 0.717) is 5.88 Å². The summed E-state index contributed by atoms with van der Waals surface area (Å²) in [5, 5.41) is 4.20. The Kier molecular flexibility index (Phi) is 5.67. The van der Waals surface area contributed by atoms with Crippen LogP contribution in [0.4, 0.5) is 15.8 Å². The number of pyridine rings is 1. The van der Waals surface area contributed by atoms with E-state index in [-0.39, 0.29) is 11.9 Å². The van der Waals surface area contributed by atoms with Gasteiger partial charge < -0.3 is 14.6 Å². The van der Waals surface area contributed by atoms with Gasteiger partial charge in [0.15, 0.2) is 0 Å². The second-order valence-electron chi connectivity index (χ2n) is 8.18. The molecule has 0 amide bonds. The van der Waals surface area contributed by atoms with Crippen LogP contribution in [0.25, 0.3) is 28.1 Å². The van der Waals surface area contributed by atoms with E-state index in [4.69, 9.17) is 14.7 Å². The second kappa shape index (κ2) is 8.94. The summed E-state index contributed by atoms with van der Waals surface area (Å²) >= 11 is 0. The lowest BCUT2D eigenvalue weighted by Crippen LogP contribution is -2.16. The van der Waals surface area contributed by atoms with Crippen LogP contribution in [0.15, 0.2) is 84.0 Å². The fraction of sp³-hybridized carbons (Fsp3) is 0.148. The number of anilines is 2. The summed E-state index contributed by atoms with van der Waals surface area (Å²) in [5.41, 5.74) is 5.77. The molecule has 1 N–H and O–H groups in total. The molecule has 0 saturated heterocycles. The Morgan fingerprint density at radius 1 is 0.971 bits per heavy atom. The standard InChI is InChI=1S/C27H24FN5O/c1-17(2)30-23-16-26-24(15-22(23)32-21-8-6-14-29-27(21)34-3)31-20-7-4-5-9-25(20)33(26)19-12-10-18(28)11-13-19/h4-17,32H,1-3H3/b30-23+. The van der Waals surface area contributed by atoms with E-state index in [1.165, 1.54) is 12.1 Å². The lowest BCUT2D eigenvalue weighted by atomic mass is 10.1. The molecule has 0 radical (unpaired) electrons. The molecular formula is C27H24FN5O. The van der Waals surface area contributed by atoms with Gasteiger partial charge in [0.05, 0.1) is 40.6 Å². The summed E-state index contributed by atoms with van der Waals surface area (Å²) in [6, 6.07) is 22.2. The third-order valence-electron chi connectivity index (χ3n) is 5.41. The van der Waals surface area contributed by atoms with Gasteiger partial charge in [0, 0.05) is 17.9 Å². The molecule has 6 nitrogen and oxygen atoms in total. The molecule has 0 unspecified atom stereocenters. The second-order valence-corrected chi connectivity index (χ2v) is 8.18. The maximum Gasteiger partial charge on any atom is 0.237 e. The monoisotopic (exact) mass is 453 g/mol. The molecule has 0 spiro atoms. The van der Waals surface area contributed by atoms with Crippen LogP contribution in [0, 0.1) is 5.82 Å². The van der Waals surface area contributed by atoms with E-state index in [1.807, 2.05) is 62.4 Å². The van der Waals surface area contributed by atoms with Crippen molar-refractivity contribution in [1.29, 1.82) is 0 Å². The minimum atomic E-state index is -0.278. The zero-order chi connectivity index (χ0) is 23.7. The quantitative estimate of drug-likeness (QED) is 0.346. The van der Waals surface area contributed by atoms with Crippen LogP contribution in [0.3, 0.4) is 0 Å². The van der Waals surface area contributed by atoms with Gasteiger partial charge in [-0.2, -0.15) is 0 Å². The minimum Gasteiger partial charge on any atom is -0.480 e. The molecule has 0 bridgehead atoms. The van der Waals surface area contributed by atoms with Gasteiger partial charge in [-0.05, 0) is 74.5 Å². The molecule has 34 heavy (non-hydrogen) atoms. The van der Waals surface area contributed by atoms with Crippen LogP contribution >= 0.6 is 0 Å². The SMILES string of the molecule is COc1ncccc1Nc1cc2nc3ccccc3n(-c3ccc(F)cc3)c-2c/c1=N\C(C)C. The Balaban J connectivity index is 1.81. The van der Waals surface area contributed by atoms with Gasteiger partial charge in [-0.25, -0.2) is 14.4 Å². The summed E-state index contributed by atoms with van der Waals surface area (Å²) in [4.78, 5) is 14.1. The van der Waals surface area contributed by atoms with E-state index < -0.39 is 0 Å². The predicted molar refractivity (Wildman–Crippen MR) is 132 cm³/mol. The maximum absolute atomic E-state index is 13.7. The van der Waals surface area contributed by atoms with Gasteiger partial charge in [-0.15, -0.1) is 0 Å². The van der Waals surface area contributed by atoms with Gasteiger partial charge in [0.25, 0.3) is 0 Å². The summed E-state index contributed by atoms with van der Waals surface area (Å²) in [6.45, 7) is 4.07. The molecule has 1 aliphatic heterocycles. The molecular weight excluding hydrogens is 429 g/mol. The first-order valence-electron chi connectivity index (χ1n) is 11.0. The van der Waals surface area contributed by atoms with E-state index in [1.54, 1.807) is 25.4 Å². The molecule has 1 aromatic heterocycles. The largest absolute Gasteiger partial charge is 0.480 e. The Hall–Kier alpha value is -4.26. The van der Waals surface area contributed by atoms with Crippen LogP contribution in [-0.2, 0) is 0 Å². The van der Waals surface area contributed by atoms with Gasteiger partial charge in [0.1, 0.15) is 11.5 Å². The van der Waals surface area contributed by atoms with Gasteiger partial charge in [-0.1, -0.05) is 12.1 Å². The van der Waals surface area contributed by atoms with Crippen molar-refractivity contribution < 1.29 is 9.13 Å². The number of hydrogen-bond acceptors (Lipinski definition) is 5. The topological polar surface area (TPSA) is 64.3 Å². The van der Waals surface area contributed by atoms with Crippen LogP contribution in [0.5, 0.6) is 5.88 Å². The van der Waals surface area contributed by atoms with E-state index in [0.717, 1.165) is 44.8 Å². The van der Waals surface area contributed by atoms with Crippen molar-refractivity contribution in [2.75, 3.05) is 12.4 Å². The molecule has 5 rings (SSSR count). The molecule has 0 fully saturated rings. The number of ether oxygens (including phenoxy) is 1. The fourth-order valence-corrected chi connectivity index (χ4v) is 3.99. The van der Waals surface area contributed by atoms with E-state index >= 15 is 0 Å². The fourth-order valence-electron chi connectivity index (χ4n) is 3.99. The maximum atomic E-state index is 13.7. The first-order chi connectivity index (χ1) is 16.5. The number of halogens is 1. The van der Waals surface area contributed by atoms with Crippen molar-refractivity contribution in [1.82, 2.24) is 14.5 Å². The summed E-state index contributed by atoms with van der Waals surface area (Å²) < 4.78 is 21.2.